The molecule has 0 aliphatic heterocycles. The Balaban J connectivity index is 1.90. The SMILES string of the molecule is CCN(CC)c1ccc(/C=C/c2nc3sc(C(=O)[O-])c(C)c3c(=O)[nH]2)cc1. The first-order chi connectivity index (χ1) is 12.9. The number of nitrogens with one attached hydrogen (secondary N) is 1. The zero-order valence-electron chi connectivity index (χ0n) is 15.4. The van der Waals surface area contributed by atoms with Crippen LogP contribution in [0.4, 0.5) is 5.69 Å². The van der Waals surface area contributed by atoms with E-state index in [1.54, 1.807) is 13.0 Å². The number of benzene rings is 1. The number of hydrogen-bond acceptors (Lipinski definition) is 6. The maximum Gasteiger partial charge on any atom is 0.260 e. The van der Waals surface area contributed by atoms with Gasteiger partial charge in [-0.2, -0.15) is 0 Å². The number of nitrogens with zero attached hydrogens (tertiary/aromatic N) is 2. The molecule has 2 heterocycles. The van der Waals surface area contributed by atoms with Crippen LogP contribution in [0.2, 0.25) is 0 Å². The van der Waals surface area contributed by atoms with E-state index in [4.69, 9.17) is 0 Å². The molecule has 0 aliphatic rings. The van der Waals surface area contributed by atoms with Gasteiger partial charge >= 0.3 is 0 Å². The number of hydrogen-bond donors (Lipinski definition) is 1. The van der Waals surface area contributed by atoms with E-state index in [9.17, 15) is 14.7 Å². The number of anilines is 1. The first kappa shape index (κ1) is 18.8. The molecule has 1 aromatic carbocycles. The lowest BCUT2D eigenvalue weighted by Gasteiger charge is -2.20. The van der Waals surface area contributed by atoms with Gasteiger partial charge in [-0.3, -0.25) is 4.79 Å². The highest BCUT2D eigenvalue weighted by Crippen LogP contribution is 2.26. The number of aryl methyl sites for hydroxylation is 1. The maximum absolute atomic E-state index is 12.3. The third-order valence-corrected chi connectivity index (χ3v) is 5.63. The molecular weight excluding hydrogens is 362 g/mol. The molecule has 0 spiro atoms. The number of aromatic carboxylic acids is 1. The fourth-order valence-corrected chi connectivity index (χ4v) is 4.02. The highest BCUT2D eigenvalue weighted by molar-refractivity contribution is 7.20. The van der Waals surface area contributed by atoms with Gasteiger partial charge in [-0.05, 0) is 50.1 Å². The van der Waals surface area contributed by atoms with Gasteiger partial charge in [-0.15, -0.1) is 11.3 Å². The van der Waals surface area contributed by atoms with Crippen LogP contribution in [-0.4, -0.2) is 29.0 Å². The molecule has 3 rings (SSSR count). The van der Waals surface area contributed by atoms with E-state index in [1.165, 1.54) is 0 Å². The number of carbonyl (C=O) groups excluding carboxylic acids is 1. The van der Waals surface area contributed by atoms with Crippen molar-refractivity contribution in [2.75, 3.05) is 18.0 Å². The third-order valence-electron chi connectivity index (χ3n) is 4.46. The second-order valence-corrected chi connectivity index (χ2v) is 7.07. The molecule has 0 radical (unpaired) electrons. The minimum Gasteiger partial charge on any atom is -0.544 e. The van der Waals surface area contributed by atoms with Crippen molar-refractivity contribution < 1.29 is 9.90 Å². The zero-order valence-corrected chi connectivity index (χ0v) is 16.2. The Morgan fingerprint density at radius 2 is 1.89 bits per heavy atom. The van der Waals surface area contributed by atoms with Gasteiger partial charge in [0, 0.05) is 18.8 Å². The Morgan fingerprint density at radius 1 is 1.22 bits per heavy atom. The predicted octanol–water partition coefficient (Wildman–Crippen LogP) is 2.67. The quantitative estimate of drug-likeness (QED) is 0.708. The summed E-state index contributed by atoms with van der Waals surface area (Å²) < 4.78 is 0. The second-order valence-electron chi connectivity index (χ2n) is 6.07. The van der Waals surface area contributed by atoms with Gasteiger partial charge in [0.1, 0.15) is 10.7 Å². The number of aromatic amines is 1. The first-order valence-electron chi connectivity index (χ1n) is 8.72. The lowest BCUT2D eigenvalue weighted by Crippen LogP contribution is -2.21. The molecule has 27 heavy (non-hydrogen) atoms. The van der Waals surface area contributed by atoms with Crippen LogP contribution in [0.3, 0.4) is 0 Å². The summed E-state index contributed by atoms with van der Waals surface area (Å²) in [7, 11) is 0. The van der Waals surface area contributed by atoms with Crippen LogP contribution in [0, 0.1) is 6.92 Å². The van der Waals surface area contributed by atoms with E-state index < -0.39 is 5.97 Å². The zero-order chi connectivity index (χ0) is 19.6. The van der Waals surface area contributed by atoms with Crippen LogP contribution in [0.1, 0.15) is 40.5 Å². The van der Waals surface area contributed by atoms with Crippen LogP contribution < -0.4 is 15.6 Å². The number of carbonyl (C=O) groups is 1. The molecule has 0 amide bonds. The Kier molecular flexibility index (Phi) is 5.41. The molecule has 0 bridgehead atoms. The molecule has 2 aromatic heterocycles. The van der Waals surface area contributed by atoms with Gasteiger partial charge in [-0.1, -0.05) is 18.2 Å². The van der Waals surface area contributed by atoms with Crippen molar-refractivity contribution in [2.45, 2.75) is 20.8 Å². The van der Waals surface area contributed by atoms with E-state index in [1.807, 2.05) is 18.2 Å². The molecular formula is C20H20N3O3S-. The summed E-state index contributed by atoms with van der Waals surface area (Å²) in [6.45, 7) is 7.73. The van der Waals surface area contributed by atoms with Crippen molar-refractivity contribution >= 4 is 45.4 Å². The van der Waals surface area contributed by atoms with Crippen molar-refractivity contribution in [3.8, 4) is 0 Å². The van der Waals surface area contributed by atoms with Crippen molar-refractivity contribution in [3.63, 3.8) is 0 Å². The van der Waals surface area contributed by atoms with Crippen LogP contribution in [0.5, 0.6) is 0 Å². The first-order valence-corrected chi connectivity index (χ1v) is 9.54. The molecule has 0 saturated heterocycles. The number of fused-ring (bicyclic) bond motifs is 1. The highest BCUT2D eigenvalue weighted by Gasteiger charge is 2.14. The average Bonchev–Trinajstić information content (AvgIpc) is 2.99. The summed E-state index contributed by atoms with van der Waals surface area (Å²) in [6.07, 6.45) is 3.57. The van der Waals surface area contributed by atoms with E-state index in [-0.39, 0.29) is 10.4 Å². The summed E-state index contributed by atoms with van der Waals surface area (Å²) in [5.74, 6) is -0.910. The number of rotatable bonds is 6. The number of aromatic nitrogens is 2. The van der Waals surface area contributed by atoms with Crippen LogP contribution in [0.25, 0.3) is 22.4 Å². The fourth-order valence-electron chi connectivity index (χ4n) is 2.99. The Bertz CT molecular complexity index is 1060. The molecule has 0 fully saturated rings. The van der Waals surface area contributed by atoms with E-state index in [0.29, 0.717) is 21.6 Å². The van der Waals surface area contributed by atoms with Crippen molar-refractivity contribution in [2.24, 2.45) is 0 Å². The second kappa shape index (κ2) is 7.75. The number of H-pyrrole nitrogens is 1. The number of carboxylic acid groups (broad SMARTS) is 1. The van der Waals surface area contributed by atoms with Gasteiger partial charge in [0.25, 0.3) is 5.56 Å². The lowest BCUT2D eigenvalue weighted by atomic mass is 10.1. The number of carboxylic acids is 1. The summed E-state index contributed by atoms with van der Waals surface area (Å²) in [4.78, 5) is 33.2. The summed E-state index contributed by atoms with van der Waals surface area (Å²) in [6, 6.07) is 8.12. The van der Waals surface area contributed by atoms with Gasteiger partial charge in [0.05, 0.1) is 16.2 Å². The molecule has 7 heteroatoms. The van der Waals surface area contributed by atoms with Crippen molar-refractivity contribution in [1.82, 2.24) is 9.97 Å². The number of thiophene rings is 1. The smallest absolute Gasteiger partial charge is 0.260 e. The van der Waals surface area contributed by atoms with Crippen molar-refractivity contribution in [3.05, 3.63) is 56.4 Å². The van der Waals surface area contributed by atoms with Crippen LogP contribution in [-0.2, 0) is 0 Å². The standard InChI is InChI=1S/C20H21N3O3S/c1-4-23(5-2)14-9-6-13(7-10-14)8-11-15-21-18(24)16-12(3)17(20(25)26)27-19(16)22-15/h6-11H,4-5H2,1-3H3,(H,25,26)(H,21,22,24)/p-1/b11-8+. The maximum atomic E-state index is 12.3. The molecule has 1 N–H and O–H groups in total. The normalized spacial score (nSPS) is 11.4. The largest absolute Gasteiger partial charge is 0.544 e. The van der Waals surface area contributed by atoms with Gasteiger partial charge in [0.2, 0.25) is 0 Å². The molecule has 0 aliphatic carbocycles. The van der Waals surface area contributed by atoms with Gasteiger partial charge in [-0.25, -0.2) is 4.98 Å². The average molecular weight is 382 g/mol. The predicted molar refractivity (Wildman–Crippen MR) is 108 cm³/mol. The molecule has 0 unspecified atom stereocenters. The Labute approximate surface area is 160 Å². The van der Waals surface area contributed by atoms with E-state index in [0.717, 1.165) is 35.7 Å². The molecule has 0 atom stereocenters. The monoisotopic (exact) mass is 382 g/mol. The van der Waals surface area contributed by atoms with E-state index in [2.05, 4.69) is 40.8 Å². The Hall–Kier alpha value is -2.93. The minimum atomic E-state index is -1.29. The molecule has 3 aromatic rings. The fraction of sp³-hybridized carbons (Fsp3) is 0.250. The van der Waals surface area contributed by atoms with Crippen molar-refractivity contribution in [1.29, 1.82) is 0 Å². The topological polar surface area (TPSA) is 89.1 Å². The minimum absolute atomic E-state index is 0.0381. The van der Waals surface area contributed by atoms with Crippen LogP contribution >= 0.6 is 11.3 Å². The van der Waals surface area contributed by atoms with E-state index >= 15 is 0 Å². The van der Waals surface area contributed by atoms with Gasteiger partial charge < -0.3 is 19.8 Å². The van der Waals surface area contributed by atoms with Gasteiger partial charge in [0.15, 0.2) is 0 Å². The van der Waals surface area contributed by atoms with Crippen LogP contribution in [0.15, 0.2) is 29.1 Å². The summed E-state index contributed by atoms with van der Waals surface area (Å²) >= 11 is 0.960. The molecule has 0 saturated carbocycles. The Morgan fingerprint density at radius 3 is 2.48 bits per heavy atom. The summed E-state index contributed by atoms with van der Waals surface area (Å²) in [5.41, 5.74) is 2.18. The summed E-state index contributed by atoms with van der Waals surface area (Å²) in [5, 5.41) is 11.5. The highest BCUT2D eigenvalue weighted by atomic mass is 32.1. The lowest BCUT2D eigenvalue weighted by molar-refractivity contribution is -0.254. The third kappa shape index (κ3) is 3.78. The molecule has 140 valence electrons. The molecule has 6 nitrogen and oxygen atoms in total.